The maximum Gasteiger partial charge on any atom is 0.372 e. The van der Waals surface area contributed by atoms with Gasteiger partial charge in [-0.2, -0.15) is 0 Å². The standard InChI is InChI=1S/C12H19NO3/c1-15-10(11(14)16-2)9-12-3-6-13(7-4-12)8-5-12/h9H,3-8H2,1-2H3/b10-9+. The van der Waals surface area contributed by atoms with Crippen LogP contribution in [0.25, 0.3) is 0 Å². The molecule has 0 spiro atoms. The first kappa shape index (κ1) is 11.5. The Hall–Kier alpha value is -1.03. The maximum atomic E-state index is 11.5. The van der Waals surface area contributed by atoms with E-state index in [1.54, 1.807) is 0 Å². The number of fused-ring (bicyclic) bond motifs is 3. The molecule has 90 valence electrons. The number of hydrogen-bond acceptors (Lipinski definition) is 4. The molecule has 0 unspecified atom stereocenters. The highest BCUT2D eigenvalue weighted by molar-refractivity contribution is 5.86. The first-order valence-corrected chi connectivity index (χ1v) is 5.77. The van der Waals surface area contributed by atoms with Crippen LogP contribution in [-0.4, -0.2) is 44.7 Å². The van der Waals surface area contributed by atoms with E-state index in [2.05, 4.69) is 4.90 Å². The summed E-state index contributed by atoms with van der Waals surface area (Å²) in [6.45, 7) is 3.40. The zero-order valence-electron chi connectivity index (χ0n) is 9.99. The third-order valence-corrected chi connectivity index (χ3v) is 3.82. The van der Waals surface area contributed by atoms with Gasteiger partial charge in [0.05, 0.1) is 14.2 Å². The average molecular weight is 225 g/mol. The molecule has 0 aromatic heterocycles. The fourth-order valence-corrected chi connectivity index (χ4v) is 2.65. The van der Waals surface area contributed by atoms with Crippen molar-refractivity contribution in [2.45, 2.75) is 19.3 Å². The normalized spacial score (nSPS) is 33.6. The zero-order valence-corrected chi connectivity index (χ0v) is 9.99. The summed E-state index contributed by atoms with van der Waals surface area (Å²) in [5, 5.41) is 0. The number of esters is 1. The van der Waals surface area contributed by atoms with Crippen LogP contribution < -0.4 is 0 Å². The van der Waals surface area contributed by atoms with Crippen molar-refractivity contribution in [2.75, 3.05) is 33.9 Å². The molecule has 4 nitrogen and oxygen atoms in total. The van der Waals surface area contributed by atoms with E-state index in [-0.39, 0.29) is 11.4 Å². The minimum atomic E-state index is -0.370. The van der Waals surface area contributed by atoms with Crippen molar-refractivity contribution < 1.29 is 14.3 Å². The third-order valence-electron chi connectivity index (χ3n) is 3.82. The summed E-state index contributed by atoms with van der Waals surface area (Å²) in [6.07, 6.45) is 5.36. The molecule has 0 amide bonds. The van der Waals surface area contributed by atoms with Crippen LogP contribution in [0.15, 0.2) is 11.8 Å². The van der Waals surface area contributed by atoms with Gasteiger partial charge in [-0.15, -0.1) is 0 Å². The summed E-state index contributed by atoms with van der Waals surface area (Å²) in [5.74, 6) is -0.0114. The smallest absolute Gasteiger partial charge is 0.372 e. The molecule has 0 atom stereocenters. The maximum absolute atomic E-state index is 11.5. The molecule has 4 heteroatoms. The lowest BCUT2D eigenvalue weighted by Gasteiger charge is -2.46. The quantitative estimate of drug-likeness (QED) is 0.410. The summed E-state index contributed by atoms with van der Waals surface area (Å²) < 4.78 is 9.83. The third kappa shape index (κ3) is 2.07. The van der Waals surface area contributed by atoms with E-state index in [9.17, 15) is 4.79 Å². The molecular formula is C12H19NO3. The molecule has 3 aliphatic rings. The lowest BCUT2D eigenvalue weighted by atomic mass is 9.72. The van der Waals surface area contributed by atoms with E-state index >= 15 is 0 Å². The van der Waals surface area contributed by atoms with Crippen LogP contribution in [0.5, 0.6) is 0 Å². The van der Waals surface area contributed by atoms with Crippen molar-refractivity contribution in [3.05, 3.63) is 11.8 Å². The van der Waals surface area contributed by atoms with Gasteiger partial charge in [-0.25, -0.2) is 4.79 Å². The lowest BCUT2D eigenvalue weighted by Crippen LogP contribution is -2.47. The molecule has 3 aliphatic heterocycles. The number of ether oxygens (including phenoxy) is 2. The SMILES string of the molecule is COC(=O)/C(=C\C12CCN(CC1)CC2)OC. The average Bonchev–Trinajstić information content (AvgIpc) is 2.37. The summed E-state index contributed by atoms with van der Waals surface area (Å²) in [7, 11) is 2.91. The van der Waals surface area contributed by atoms with Gasteiger partial charge < -0.3 is 14.4 Å². The molecule has 0 saturated carbocycles. The minimum Gasteiger partial charge on any atom is -0.490 e. The van der Waals surface area contributed by atoms with Crippen LogP contribution >= 0.6 is 0 Å². The van der Waals surface area contributed by atoms with Gasteiger partial charge in [-0.05, 0) is 50.4 Å². The molecule has 0 N–H and O–H groups in total. The Morgan fingerprint density at radius 3 is 2.12 bits per heavy atom. The molecular weight excluding hydrogens is 206 g/mol. The highest BCUT2D eigenvalue weighted by Gasteiger charge is 2.38. The monoisotopic (exact) mass is 225 g/mol. The number of methoxy groups -OCH3 is 2. The van der Waals surface area contributed by atoms with E-state index in [4.69, 9.17) is 9.47 Å². The van der Waals surface area contributed by atoms with Gasteiger partial charge in [0, 0.05) is 0 Å². The zero-order chi connectivity index (χ0) is 11.6. The minimum absolute atomic E-state index is 0.161. The van der Waals surface area contributed by atoms with E-state index in [0.717, 1.165) is 38.9 Å². The Balaban J connectivity index is 2.16. The molecule has 3 fully saturated rings. The highest BCUT2D eigenvalue weighted by atomic mass is 16.6. The lowest BCUT2D eigenvalue weighted by molar-refractivity contribution is -0.139. The number of nitrogens with zero attached hydrogens (tertiary/aromatic N) is 1. The predicted molar refractivity (Wildman–Crippen MR) is 59.8 cm³/mol. The Labute approximate surface area is 96.2 Å². The number of carbonyl (C=O) groups excluding carboxylic acids is 1. The number of allylic oxidation sites excluding steroid dienone is 1. The van der Waals surface area contributed by atoms with Crippen LogP contribution in [0.2, 0.25) is 0 Å². The number of hydrogen-bond donors (Lipinski definition) is 0. The highest BCUT2D eigenvalue weighted by Crippen LogP contribution is 2.42. The van der Waals surface area contributed by atoms with Gasteiger partial charge in [-0.1, -0.05) is 0 Å². The molecule has 3 heterocycles. The molecule has 3 saturated heterocycles. The van der Waals surface area contributed by atoms with Crippen molar-refractivity contribution in [2.24, 2.45) is 5.41 Å². The first-order valence-electron chi connectivity index (χ1n) is 5.77. The van der Waals surface area contributed by atoms with Gasteiger partial charge in [0.25, 0.3) is 0 Å². The second-order valence-electron chi connectivity index (χ2n) is 4.66. The summed E-state index contributed by atoms with van der Waals surface area (Å²) >= 11 is 0. The molecule has 0 aromatic rings. The number of piperidine rings is 3. The van der Waals surface area contributed by atoms with Crippen molar-refractivity contribution in [1.29, 1.82) is 0 Å². The van der Waals surface area contributed by atoms with E-state index in [1.165, 1.54) is 14.2 Å². The van der Waals surface area contributed by atoms with E-state index in [1.807, 2.05) is 6.08 Å². The molecule has 3 rings (SSSR count). The first-order chi connectivity index (χ1) is 7.69. The van der Waals surface area contributed by atoms with Gasteiger partial charge in [-0.3, -0.25) is 0 Å². The van der Waals surface area contributed by atoms with Crippen LogP contribution in [0.1, 0.15) is 19.3 Å². The van der Waals surface area contributed by atoms with Gasteiger partial charge in [0.15, 0.2) is 0 Å². The topological polar surface area (TPSA) is 38.8 Å². The second-order valence-corrected chi connectivity index (χ2v) is 4.66. The van der Waals surface area contributed by atoms with Gasteiger partial charge in [0.2, 0.25) is 5.76 Å². The Morgan fingerprint density at radius 2 is 1.69 bits per heavy atom. The molecule has 2 bridgehead atoms. The fourth-order valence-electron chi connectivity index (χ4n) is 2.65. The Bertz CT molecular complexity index is 290. The Morgan fingerprint density at radius 1 is 1.12 bits per heavy atom. The van der Waals surface area contributed by atoms with Crippen molar-refractivity contribution in [3.8, 4) is 0 Å². The molecule has 0 aromatic carbocycles. The van der Waals surface area contributed by atoms with Crippen LogP contribution in [0.3, 0.4) is 0 Å². The number of rotatable bonds is 3. The summed E-state index contributed by atoms with van der Waals surface area (Å²) in [6, 6.07) is 0. The Kier molecular flexibility index (Phi) is 3.19. The summed E-state index contributed by atoms with van der Waals surface area (Å²) in [5.41, 5.74) is 0.161. The van der Waals surface area contributed by atoms with Crippen LogP contribution in [-0.2, 0) is 14.3 Å². The van der Waals surface area contributed by atoms with Crippen molar-refractivity contribution >= 4 is 5.97 Å². The van der Waals surface area contributed by atoms with Crippen molar-refractivity contribution in [3.63, 3.8) is 0 Å². The number of carbonyl (C=O) groups is 1. The largest absolute Gasteiger partial charge is 0.490 e. The molecule has 0 aliphatic carbocycles. The van der Waals surface area contributed by atoms with Crippen molar-refractivity contribution in [1.82, 2.24) is 4.90 Å². The summed E-state index contributed by atoms with van der Waals surface area (Å²) in [4.78, 5) is 13.9. The molecule has 16 heavy (non-hydrogen) atoms. The van der Waals surface area contributed by atoms with E-state index < -0.39 is 0 Å². The van der Waals surface area contributed by atoms with E-state index in [0.29, 0.717) is 5.76 Å². The second kappa shape index (κ2) is 4.45. The fraction of sp³-hybridized carbons (Fsp3) is 0.750. The van der Waals surface area contributed by atoms with Gasteiger partial charge in [0.1, 0.15) is 0 Å². The predicted octanol–water partition coefficient (Wildman–Crippen LogP) is 1.18. The van der Waals surface area contributed by atoms with Crippen LogP contribution in [0.4, 0.5) is 0 Å². The molecule has 0 radical (unpaired) electrons. The van der Waals surface area contributed by atoms with Crippen LogP contribution in [0, 0.1) is 5.41 Å². The van der Waals surface area contributed by atoms with Gasteiger partial charge >= 0.3 is 5.97 Å².